The fourth-order valence-electron chi connectivity index (χ4n) is 2.33. The lowest BCUT2D eigenvalue weighted by Crippen LogP contribution is -2.36. The number of amides is 1. The molecule has 0 aliphatic carbocycles. The van der Waals surface area contributed by atoms with Crippen LogP contribution in [0.5, 0.6) is 0 Å². The molecule has 9 heteroatoms. The molecule has 2 aromatic heterocycles. The molecule has 1 aliphatic rings. The number of hydrogen-bond donors (Lipinski definition) is 1. The van der Waals surface area contributed by atoms with Gasteiger partial charge in [-0.3, -0.25) is 4.79 Å². The third-order valence-corrected chi connectivity index (χ3v) is 4.10. The quantitative estimate of drug-likeness (QED) is 0.878. The van der Waals surface area contributed by atoms with E-state index in [1.54, 1.807) is 17.0 Å². The molecule has 22 heavy (non-hydrogen) atoms. The number of aromatic nitrogens is 1. The van der Waals surface area contributed by atoms with Gasteiger partial charge in [0.2, 0.25) is 10.0 Å². The molecule has 1 amide bonds. The van der Waals surface area contributed by atoms with Crippen molar-refractivity contribution in [3.63, 3.8) is 0 Å². The third kappa shape index (κ3) is 3.04. The van der Waals surface area contributed by atoms with Crippen LogP contribution in [0.4, 0.5) is 0 Å². The van der Waals surface area contributed by atoms with Crippen LogP contribution in [0.15, 0.2) is 27.3 Å². The van der Waals surface area contributed by atoms with Gasteiger partial charge in [0, 0.05) is 18.5 Å². The largest absolute Gasteiger partial charge is 0.459 e. The van der Waals surface area contributed by atoms with Crippen LogP contribution in [0.1, 0.15) is 27.6 Å². The summed E-state index contributed by atoms with van der Waals surface area (Å²) in [6, 6.07) is 3.26. The maximum absolute atomic E-state index is 12.3. The Kier molecular flexibility index (Phi) is 3.75. The summed E-state index contributed by atoms with van der Waals surface area (Å²) in [5.41, 5.74) is 1.25. The van der Waals surface area contributed by atoms with E-state index in [0.717, 1.165) is 11.8 Å². The van der Waals surface area contributed by atoms with Crippen molar-refractivity contribution in [3.8, 4) is 0 Å². The topological polar surface area (TPSA) is 106 Å². The van der Waals surface area contributed by atoms with Crippen molar-refractivity contribution in [1.29, 1.82) is 0 Å². The highest BCUT2D eigenvalue weighted by atomic mass is 32.2. The van der Waals surface area contributed by atoms with Gasteiger partial charge in [0.1, 0.15) is 11.5 Å². The average molecular weight is 325 g/mol. The van der Waals surface area contributed by atoms with Gasteiger partial charge in [-0.05, 0) is 12.1 Å². The van der Waals surface area contributed by atoms with E-state index < -0.39 is 10.0 Å². The van der Waals surface area contributed by atoms with Crippen LogP contribution in [0.2, 0.25) is 0 Å². The zero-order valence-electron chi connectivity index (χ0n) is 11.9. The first-order valence-corrected chi connectivity index (χ1v) is 8.57. The third-order valence-electron chi connectivity index (χ3n) is 3.43. The molecule has 0 atom stereocenters. The standard InChI is InChI=1S/C13H15N3O5S/c1-22(18,19)14-7-10-9-8-16(5-4-11(9)21-15-10)13(17)12-3-2-6-20-12/h2-3,6,14H,4-5,7-8H2,1H3. The number of nitrogens with one attached hydrogen (secondary N) is 1. The molecule has 3 rings (SSSR count). The lowest BCUT2D eigenvalue weighted by Gasteiger charge is -2.25. The average Bonchev–Trinajstić information content (AvgIpc) is 3.12. The van der Waals surface area contributed by atoms with Crippen LogP contribution in [-0.4, -0.2) is 37.2 Å². The maximum Gasteiger partial charge on any atom is 0.289 e. The van der Waals surface area contributed by atoms with E-state index in [9.17, 15) is 13.2 Å². The first kappa shape index (κ1) is 14.8. The summed E-state index contributed by atoms with van der Waals surface area (Å²) in [6.45, 7) is 0.861. The molecule has 0 spiro atoms. The van der Waals surface area contributed by atoms with E-state index in [-0.39, 0.29) is 18.2 Å². The number of fused-ring (bicyclic) bond motifs is 1. The molecule has 0 fully saturated rings. The van der Waals surface area contributed by atoms with Gasteiger partial charge >= 0.3 is 0 Å². The number of carbonyl (C=O) groups is 1. The monoisotopic (exact) mass is 325 g/mol. The molecule has 8 nitrogen and oxygen atoms in total. The molecule has 0 unspecified atom stereocenters. The molecule has 0 radical (unpaired) electrons. The highest BCUT2D eigenvalue weighted by molar-refractivity contribution is 7.88. The summed E-state index contributed by atoms with van der Waals surface area (Å²) >= 11 is 0. The second-order valence-electron chi connectivity index (χ2n) is 5.08. The number of nitrogens with zero attached hydrogens (tertiary/aromatic N) is 2. The number of carbonyl (C=O) groups excluding carboxylic acids is 1. The van der Waals surface area contributed by atoms with Gasteiger partial charge in [0.15, 0.2) is 5.76 Å². The van der Waals surface area contributed by atoms with Crippen molar-refractivity contribution < 1.29 is 22.2 Å². The molecule has 1 N–H and O–H groups in total. The summed E-state index contributed by atoms with van der Waals surface area (Å²) in [4.78, 5) is 13.9. The number of rotatable bonds is 4. The molecule has 0 saturated carbocycles. The van der Waals surface area contributed by atoms with E-state index in [2.05, 4.69) is 9.88 Å². The Morgan fingerprint density at radius 1 is 1.50 bits per heavy atom. The molecular formula is C13H15N3O5S. The van der Waals surface area contributed by atoms with Crippen molar-refractivity contribution >= 4 is 15.9 Å². The van der Waals surface area contributed by atoms with Crippen molar-refractivity contribution in [2.45, 2.75) is 19.5 Å². The number of furan rings is 1. The zero-order valence-corrected chi connectivity index (χ0v) is 12.7. The van der Waals surface area contributed by atoms with Crippen LogP contribution >= 0.6 is 0 Å². The van der Waals surface area contributed by atoms with E-state index in [1.807, 2.05) is 0 Å². The highest BCUT2D eigenvalue weighted by Crippen LogP contribution is 2.23. The first-order valence-electron chi connectivity index (χ1n) is 6.68. The van der Waals surface area contributed by atoms with E-state index in [4.69, 9.17) is 8.94 Å². The Morgan fingerprint density at radius 3 is 3.00 bits per heavy atom. The van der Waals surface area contributed by atoms with Gasteiger partial charge < -0.3 is 13.8 Å². The maximum atomic E-state index is 12.3. The molecular weight excluding hydrogens is 310 g/mol. The highest BCUT2D eigenvalue weighted by Gasteiger charge is 2.28. The van der Waals surface area contributed by atoms with Crippen molar-refractivity contribution in [2.75, 3.05) is 12.8 Å². The fourth-order valence-corrected chi connectivity index (χ4v) is 2.73. The lowest BCUT2D eigenvalue weighted by molar-refractivity contribution is 0.0696. The van der Waals surface area contributed by atoms with Crippen molar-refractivity contribution in [1.82, 2.24) is 14.8 Å². The molecule has 0 aromatic carbocycles. The van der Waals surface area contributed by atoms with Crippen molar-refractivity contribution in [3.05, 3.63) is 41.2 Å². The van der Waals surface area contributed by atoms with E-state index in [0.29, 0.717) is 31.0 Å². The summed E-state index contributed by atoms with van der Waals surface area (Å²) in [5, 5.41) is 3.89. The summed E-state index contributed by atoms with van der Waals surface area (Å²) in [5.74, 6) is 0.753. The van der Waals surface area contributed by atoms with Crippen LogP contribution < -0.4 is 4.72 Å². The predicted octanol–water partition coefficient (Wildman–Crippen LogP) is 0.515. The van der Waals surface area contributed by atoms with Crippen molar-refractivity contribution in [2.24, 2.45) is 0 Å². The van der Waals surface area contributed by atoms with Gasteiger partial charge in [-0.15, -0.1) is 0 Å². The Labute approximate surface area is 127 Å². The molecule has 0 saturated heterocycles. The minimum Gasteiger partial charge on any atom is -0.459 e. The summed E-state index contributed by atoms with van der Waals surface area (Å²) < 4.78 is 35.1. The van der Waals surface area contributed by atoms with Crippen LogP contribution in [0.25, 0.3) is 0 Å². The minimum atomic E-state index is -3.32. The van der Waals surface area contributed by atoms with Crippen LogP contribution in [0.3, 0.4) is 0 Å². The molecule has 2 aromatic rings. The van der Waals surface area contributed by atoms with Gasteiger partial charge in [0.25, 0.3) is 5.91 Å². The summed E-state index contributed by atoms with van der Waals surface area (Å²) in [7, 11) is -3.32. The normalized spacial score (nSPS) is 14.9. The van der Waals surface area contributed by atoms with Gasteiger partial charge in [-0.2, -0.15) is 0 Å². The van der Waals surface area contributed by atoms with E-state index >= 15 is 0 Å². The van der Waals surface area contributed by atoms with E-state index in [1.165, 1.54) is 6.26 Å². The lowest BCUT2D eigenvalue weighted by atomic mass is 10.1. The Morgan fingerprint density at radius 2 is 2.32 bits per heavy atom. The smallest absolute Gasteiger partial charge is 0.289 e. The number of sulfonamides is 1. The molecule has 0 bridgehead atoms. The second kappa shape index (κ2) is 5.58. The van der Waals surface area contributed by atoms with Crippen LogP contribution in [-0.2, 0) is 29.5 Å². The first-order chi connectivity index (χ1) is 10.4. The minimum absolute atomic E-state index is 0.0421. The molecule has 3 heterocycles. The summed E-state index contributed by atoms with van der Waals surface area (Å²) in [6.07, 6.45) is 3.06. The van der Waals surface area contributed by atoms with Gasteiger partial charge in [-0.25, -0.2) is 13.1 Å². The van der Waals surface area contributed by atoms with Crippen LogP contribution in [0, 0.1) is 0 Å². The predicted molar refractivity (Wildman–Crippen MR) is 75.3 cm³/mol. The molecule has 1 aliphatic heterocycles. The zero-order chi connectivity index (χ0) is 15.7. The molecule has 118 valence electrons. The SMILES string of the molecule is CS(=O)(=O)NCc1noc2c1CN(C(=O)c1ccco1)CC2. The van der Waals surface area contributed by atoms with Gasteiger partial charge in [0.05, 0.1) is 25.6 Å². The Bertz CT molecular complexity index is 779. The fraction of sp³-hybridized carbons (Fsp3) is 0.385. The Hall–Kier alpha value is -2.13. The van der Waals surface area contributed by atoms with Gasteiger partial charge in [-0.1, -0.05) is 5.16 Å². The second-order valence-corrected chi connectivity index (χ2v) is 6.91. The number of hydrogen-bond acceptors (Lipinski definition) is 6. The Balaban J connectivity index is 1.77.